The zero-order chi connectivity index (χ0) is 10.1. The lowest BCUT2D eigenvalue weighted by atomic mass is 10.1. The Morgan fingerprint density at radius 2 is 2.21 bits per heavy atom. The molecule has 0 unspecified atom stereocenters. The van der Waals surface area contributed by atoms with Crippen LogP contribution in [0.1, 0.15) is 10.4 Å². The fourth-order valence-electron chi connectivity index (χ4n) is 1.37. The van der Waals surface area contributed by atoms with Crippen LogP contribution >= 0.6 is 0 Å². The molecule has 0 aliphatic carbocycles. The van der Waals surface area contributed by atoms with Gasteiger partial charge in [0.05, 0.1) is 5.56 Å². The highest BCUT2D eigenvalue weighted by Crippen LogP contribution is 2.26. The third kappa shape index (κ3) is 1.39. The second-order valence-corrected chi connectivity index (χ2v) is 3.37. The molecular weight excluding hydrogens is 180 g/mol. The van der Waals surface area contributed by atoms with Gasteiger partial charge < -0.3 is 15.0 Å². The maximum absolute atomic E-state index is 11.4. The normalized spacial score (nSPS) is 14.0. The summed E-state index contributed by atoms with van der Waals surface area (Å²) < 4.78 is 5.33. The van der Waals surface area contributed by atoms with Crippen LogP contribution in [0.25, 0.3) is 0 Å². The number of nitrogens with one attached hydrogen (secondary N) is 1. The Hall–Kier alpha value is -1.71. The van der Waals surface area contributed by atoms with Gasteiger partial charge in [0.1, 0.15) is 5.75 Å². The fraction of sp³-hybridized carbons (Fsp3) is 0.300. The van der Waals surface area contributed by atoms with Crippen LogP contribution in [0, 0.1) is 0 Å². The first kappa shape index (κ1) is 8.87. The topological polar surface area (TPSA) is 41.6 Å². The summed E-state index contributed by atoms with van der Waals surface area (Å²) in [7, 11) is 3.90. The number of amides is 1. The number of benzene rings is 1. The van der Waals surface area contributed by atoms with Crippen molar-refractivity contribution < 1.29 is 9.53 Å². The van der Waals surface area contributed by atoms with E-state index in [4.69, 9.17) is 4.74 Å². The summed E-state index contributed by atoms with van der Waals surface area (Å²) in [5.41, 5.74) is 1.63. The van der Waals surface area contributed by atoms with Crippen molar-refractivity contribution in [2.45, 2.75) is 0 Å². The molecule has 74 valence electrons. The van der Waals surface area contributed by atoms with Gasteiger partial charge in [-0.25, -0.2) is 0 Å². The van der Waals surface area contributed by atoms with Crippen LogP contribution < -0.4 is 15.0 Å². The van der Waals surface area contributed by atoms with Crippen LogP contribution in [0.2, 0.25) is 0 Å². The zero-order valence-corrected chi connectivity index (χ0v) is 8.20. The van der Waals surface area contributed by atoms with Crippen molar-refractivity contribution in [3.05, 3.63) is 23.8 Å². The molecule has 1 aromatic carbocycles. The minimum atomic E-state index is -0.0726. The van der Waals surface area contributed by atoms with Crippen molar-refractivity contribution in [2.24, 2.45) is 0 Å². The molecule has 0 bridgehead atoms. The minimum Gasteiger partial charge on any atom is -0.472 e. The average Bonchev–Trinajstić information content (AvgIpc) is 2.17. The van der Waals surface area contributed by atoms with Crippen LogP contribution in [0.4, 0.5) is 5.69 Å². The van der Waals surface area contributed by atoms with Crippen molar-refractivity contribution >= 4 is 11.6 Å². The largest absolute Gasteiger partial charge is 0.472 e. The molecule has 2 rings (SSSR count). The maximum atomic E-state index is 11.4. The fourth-order valence-corrected chi connectivity index (χ4v) is 1.37. The molecule has 0 radical (unpaired) electrons. The molecule has 0 saturated heterocycles. The number of anilines is 1. The number of carbonyl (C=O) groups excluding carboxylic acids is 1. The predicted octanol–water partition coefficient (Wildman–Crippen LogP) is 0.832. The molecule has 1 aromatic rings. The highest BCUT2D eigenvalue weighted by molar-refractivity contribution is 5.98. The summed E-state index contributed by atoms with van der Waals surface area (Å²) >= 11 is 0. The average molecular weight is 192 g/mol. The lowest BCUT2D eigenvalue weighted by Gasteiger charge is -2.20. The first-order valence-electron chi connectivity index (χ1n) is 4.41. The van der Waals surface area contributed by atoms with Gasteiger partial charge in [0.15, 0.2) is 6.73 Å². The molecule has 0 atom stereocenters. The second kappa shape index (κ2) is 3.21. The number of fused-ring (bicyclic) bond motifs is 1. The van der Waals surface area contributed by atoms with Gasteiger partial charge in [-0.05, 0) is 12.1 Å². The minimum absolute atomic E-state index is 0.0726. The summed E-state index contributed by atoms with van der Waals surface area (Å²) in [5, 5.41) is 2.61. The van der Waals surface area contributed by atoms with Crippen molar-refractivity contribution in [3.63, 3.8) is 0 Å². The molecule has 1 heterocycles. The summed E-state index contributed by atoms with van der Waals surface area (Å²) in [6, 6.07) is 5.54. The van der Waals surface area contributed by atoms with Gasteiger partial charge in [0.25, 0.3) is 5.91 Å². The monoisotopic (exact) mass is 192 g/mol. The van der Waals surface area contributed by atoms with Crippen molar-refractivity contribution in [3.8, 4) is 5.75 Å². The van der Waals surface area contributed by atoms with Gasteiger partial charge in [-0.2, -0.15) is 0 Å². The van der Waals surface area contributed by atoms with Crippen LogP contribution in [0.3, 0.4) is 0 Å². The third-order valence-corrected chi connectivity index (χ3v) is 2.19. The Bertz CT molecular complexity index is 374. The number of hydrogen-bond donors (Lipinski definition) is 1. The summed E-state index contributed by atoms with van der Waals surface area (Å²) in [6.45, 7) is 0.253. The van der Waals surface area contributed by atoms with E-state index in [1.54, 1.807) is 6.07 Å². The molecule has 1 N–H and O–H groups in total. The molecule has 14 heavy (non-hydrogen) atoms. The smallest absolute Gasteiger partial charge is 0.257 e. The number of hydrogen-bond acceptors (Lipinski definition) is 3. The van der Waals surface area contributed by atoms with E-state index in [2.05, 4.69) is 5.32 Å². The van der Waals surface area contributed by atoms with Gasteiger partial charge in [-0.1, -0.05) is 0 Å². The summed E-state index contributed by atoms with van der Waals surface area (Å²) in [5.74, 6) is 0.580. The van der Waals surface area contributed by atoms with Crippen LogP contribution in [0.15, 0.2) is 18.2 Å². The SMILES string of the molecule is CN(C)c1ccc2c(c1)OCNC2=O. The Morgan fingerprint density at radius 3 is 2.93 bits per heavy atom. The zero-order valence-electron chi connectivity index (χ0n) is 8.20. The third-order valence-electron chi connectivity index (χ3n) is 2.19. The maximum Gasteiger partial charge on any atom is 0.257 e. The molecule has 0 aromatic heterocycles. The second-order valence-electron chi connectivity index (χ2n) is 3.37. The van der Waals surface area contributed by atoms with E-state index in [0.717, 1.165) is 5.69 Å². The molecule has 1 aliphatic heterocycles. The van der Waals surface area contributed by atoms with E-state index >= 15 is 0 Å². The Balaban J connectivity index is 2.44. The number of ether oxygens (including phenoxy) is 1. The molecule has 1 amide bonds. The van der Waals surface area contributed by atoms with Crippen molar-refractivity contribution in [2.75, 3.05) is 25.7 Å². The van der Waals surface area contributed by atoms with Gasteiger partial charge in [0, 0.05) is 25.8 Å². The van der Waals surface area contributed by atoms with Crippen LogP contribution in [-0.4, -0.2) is 26.7 Å². The number of rotatable bonds is 1. The Morgan fingerprint density at radius 1 is 1.43 bits per heavy atom. The van der Waals surface area contributed by atoms with Gasteiger partial charge in [-0.3, -0.25) is 4.79 Å². The van der Waals surface area contributed by atoms with E-state index in [9.17, 15) is 4.79 Å². The highest BCUT2D eigenvalue weighted by atomic mass is 16.5. The number of carbonyl (C=O) groups is 1. The van der Waals surface area contributed by atoms with Crippen molar-refractivity contribution in [1.82, 2.24) is 5.32 Å². The van der Waals surface area contributed by atoms with Crippen LogP contribution in [-0.2, 0) is 0 Å². The summed E-state index contributed by atoms with van der Waals surface area (Å²) in [4.78, 5) is 13.3. The van der Waals surface area contributed by atoms with E-state index in [1.165, 1.54) is 0 Å². The Kier molecular flexibility index (Phi) is 2.04. The standard InChI is InChI=1S/C10H12N2O2/c1-12(2)7-3-4-8-9(5-7)14-6-11-10(8)13/h3-5H,6H2,1-2H3,(H,11,13). The van der Waals surface area contributed by atoms with E-state index < -0.39 is 0 Å². The molecule has 1 aliphatic rings. The van der Waals surface area contributed by atoms with E-state index in [-0.39, 0.29) is 12.6 Å². The highest BCUT2D eigenvalue weighted by Gasteiger charge is 2.17. The van der Waals surface area contributed by atoms with E-state index in [1.807, 2.05) is 31.1 Å². The van der Waals surface area contributed by atoms with Gasteiger partial charge in [-0.15, -0.1) is 0 Å². The Labute approximate surface area is 82.5 Å². The quantitative estimate of drug-likeness (QED) is 0.716. The van der Waals surface area contributed by atoms with Gasteiger partial charge in [0.2, 0.25) is 0 Å². The lowest BCUT2D eigenvalue weighted by molar-refractivity contribution is 0.0883. The first-order valence-corrected chi connectivity index (χ1v) is 4.41. The van der Waals surface area contributed by atoms with Crippen LogP contribution in [0.5, 0.6) is 5.75 Å². The predicted molar refractivity (Wildman–Crippen MR) is 53.7 cm³/mol. The van der Waals surface area contributed by atoms with E-state index in [0.29, 0.717) is 11.3 Å². The lowest BCUT2D eigenvalue weighted by Crippen LogP contribution is -2.33. The summed E-state index contributed by atoms with van der Waals surface area (Å²) in [6.07, 6.45) is 0. The molecular formula is C10H12N2O2. The van der Waals surface area contributed by atoms with Gasteiger partial charge >= 0.3 is 0 Å². The van der Waals surface area contributed by atoms with Crippen molar-refractivity contribution in [1.29, 1.82) is 0 Å². The first-order chi connectivity index (χ1) is 6.68. The molecule has 0 saturated carbocycles. The molecule has 4 heteroatoms. The molecule has 4 nitrogen and oxygen atoms in total. The molecule has 0 fully saturated rings. The number of nitrogens with zero attached hydrogens (tertiary/aromatic N) is 1. The molecule has 0 spiro atoms.